The van der Waals surface area contributed by atoms with Crippen LogP contribution in [0, 0.1) is 5.82 Å². The summed E-state index contributed by atoms with van der Waals surface area (Å²) in [7, 11) is 4.75. The van der Waals surface area contributed by atoms with Crippen molar-refractivity contribution in [3.05, 3.63) is 46.2 Å². The topological polar surface area (TPSA) is 76.8 Å². The number of nitrogens with zero attached hydrogens (tertiary/aromatic N) is 1. The molecule has 0 atom stereocenters. The number of halogens is 2. The SMILES string of the molecule is CCN(C)c1c(N)ccc(OC)c1CNC(=O)c1cc(F)c(OC)c(Cl)c1. The zero-order valence-corrected chi connectivity index (χ0v) is 16.5. The highest BCUT2D eigenvalue weighted by Gasteiger charge is 2.18. The molecule has 2 aromatic carbocycles. The van der Waals surface area contributed by atoms with Crippen LogP contribution in [-0.4, -0.2) is 33.7 Å². The summed E-state index contributed by atoms with van der Waals surface area (Å²) < 4.78 is 24.3. The van der Waals surface area contributed by atoms with Crippen molar-refractivity contribution in [2.45, 2.75) is 13.5 Å². The van der Waals surface area contributed by atoms with Gasteiger partial charge in [-0.25, -0.2) is 4.39 Å². The third-order valence-corrected chi connectivity index (χ3v) is 4.52. The summed E-state index contributed by atoms with van der Waals surface area (Å²) in [5, 5.41) is 2.78. The van der Waals surface area contributed by atoms with Crippen molar-refractivity contribution >= 4 is 28.9 Å². The van der Waals surface area contributed by atoms with Gasteiger partial charge in [-0.2, -0.15) is 0 Å². The van der Waals surface area contributed by atoms with Crippen molar-refractivity contribution in [2.75, 3.05) is 38.4 Å². The molecule has 0 aromatic heterocycles. The van der Waals surface area contributed by atoms with Gasteiger partial charge in [0, 0.05) is 31.3 Å². The highest BCUT2D eigenvalue weighted by atomic mass is 35.5. The molecule has 0 radical (unpaired) electrons. The molecule has 3 N–H and O–H groups in total. The van der Waals surface area contributed by atoms with Crippen molar-refractivity contribution in [3.63, 3.8) is 0 Å². The van der Waals surface area contributed by atoms with E-state index in [9.17, 15) is 9.18 Å². The lowest BCUT2D eigenvalue weighted by atomic mass is 10.1. The Kier molecular flexibility index (Phi) is 6.74. The Morgan fingerprint density at radius 3 is 2.56 bits per heavy atom. The second-order valence-electron chi connectivity index (χ2n) is 5.85. The Morgan fingerprint density at radius 1 is 1.30 bits per heavy atom. The lowest BCUT2D eigenvalue weighted by Crippen LogP contribution is -2.26. The Bertz CT molecular complexity index is 822. The van der Waals surface area contributed by atoms with Crippen molar-refractivity contribution < 1.29 is 18.7 Å². The fraction of sp³-hybridized carbons (Fsp3) is 0.316. The minimum absolute atomic E-state index is 0.0237. The monoisotopic (exact) mass is 395 g/mol. The first-order valence-corrected chi connectivity index (χ1v) is 8.69. The molecule has 0 aliphatic heterocycles. The van der Waals surface area contributed by atoms with Crippen LogP contribution in [0.4, 0.5) is 15.8 Å². The number of benzene rings is 2. The van der Waals surface area contributed by atoms with E-state index in [4.69, 9.17) is 26.8 Å². The average molecular weight is 396 g/mol. The molecule has 0 bridgehead atoms. The molecule has 1 amide bonds. The number of ether oxygens (including phenoxy) is 2. The average Bonchev–Trinajstić information content (AvgIpc) is 2.65. The number of hydrogen-bond acceptors (Lipinski definition) is 5. The lowest BCUT2D eigenvalue weighted by molar-refractivity contribution is 0.0950. The van der Waals surface area contributed by atoms with E-state index in [-0.39, 0.29) is 22.9 Å². The fourth-order valence-electron chi connectivity index (χ4n) is 2.76. The number of hydrogen-bond donors (Lipinski definition) is 2. The van der Waals surface area contributed by atoms with Gasteiger partial charge >= 0.3 is 0 Å². The molecule has 146 valence electrons. The van der Waals surface area contributed by atoms with Gasteiger partial charge in [0.15, 0.2) is 11.6 Å². The zero-order chi connectivity index (χ0) is 20.1. The van der Waals surface area contributed by atoms with Crippen molar-refractivity contribution in [3.8, 4) is 11.5 Å². The first-order valence-electron chi connectivity index (χ1n) is 8.31. The summed E-state index contributed by atoms with van der Waals surface area (Å²) in [6.07, 6.45) is 0. The van der Waals surface area contributed by atoms with Crippen molar-refractivity contribution in [1.29, 1.82) is 0 Å². The molecule has 0 saturated heterocycles. The van der Waals surface area contributed by atoms with Gasteiger partial charge in [-0.15, -0.1) is 0 Å². The Morgan fingerprint density at radius 2 is 2.00 bits per heavy atom. The summed E-state index contributed by atoms with van der Waals surface area (Å²) in [5.41, 5.74) is 8.29. The number of rotatable bonds is 7. The smallest absolute Gasteiger partial charge is 0.251 e. The molecule has 2 aromatic rings. The quantitative estimate of drug-likeness (QED) is 0.702. The van der Waals surface area contributed by atoms with Crippen LogP contribution in [0.25, 0.3) is 0 Å². The highest BCUT2D eigenvalue weighted by Crippen LogP contribution is 2.34. The van der Waals surface area contributed by atoms with Crippen LogP contribution in [0.5, 0.6) is 11.5 Å². The summed E-state index contributed by atoms with van der Waals surface area (Å²) in [5.74, 6) is -0.688. The number of nitrogens with two attached hydrogens (primary N) is 1. The van der Waals surface area contributed by atoms with Crippen LogP contribution < -0.4 is 25.4 Å². The molecular formula is C19H23ClFN3O3. The van der Waals surface area contributed by atoms with Crippen LogP contribution in [0.15, 0.2) is 24.3 Å². The molecule has 0 aliphatic carbocycles. The zero-order valence-electron chi connectivity index (χ0n) is 15.7. The van der Waals surface area contributed by atoms with Gasteiger partial charge in [0.1, 0.15) is 5.75 Å². The Labute approximate surface area is 163 Å². The van der Waals surface area contributed by atoms with Crippen molar-refractivity contribution in [2.24, 2.45) is 0 Å². The summed E-state index contributed by atoms with van der Waals surface area (Å²) in [6.45, 7) is 2.86. The van der Waals surface area contributed by atoms with Gasteiger partial charge in [-0.05, 0) is 31.2 Å². The number of nitrogen functional groups attached to an aromatic ring is 1. The molecule has 8 heteroatoms. The summed E-state index contributed by atoms with van der Waals surface area (Å²) in [4.78, 5) is 14.5. The van der Waals surface area contributed by atoms with E-state index in [1.807, 2.05) is 18.9 Å². The number of carbonyl (C=O) groups is 1. The number of nitrogens with one attached hydrogen (secondary N) is 1. The van der Waals surface area contributed by atoms with Gasteiger partial charge in [0.05, 0.1) is 30.6 Å². The van der Waals surface area contributed by atoms with E-state index in [1.54, 1.807) is 19.2 Å². The predicted molar refractivity (Wildman–Crippen MR) is 105 cm³/mol. The first-order chi connectivity index (χ1) is 12.8. The second kappa shape index (κ2) is 8.81. The number of amides is 1. The largest absolute Gasteiger partial charge is 0.496 e. The molecule has 0 unspecified atom stereocenters. The standard InChI is InChI=1S/C19H23ClFN3O3/c1-5-24(2)17-12(16(26-3)7-6-15(17)22)10-23-19(25)11-8-13(20)18(27-4)14(21)9-11/h6-9H,5,10,22H2,1-4H3,(H,23,25). The van der Waals surface area contributed by atoms with E-state index in [1.165, 1.54) is 13.2 Å². The fourth-order valence-corrected chi connectivity index (χ4v) is 3.05. The lowest BCUT2D eigenvalue weighted by Gasteiger charge is -2.24. The predicted octanol–water partition coefficient (Wildman–Crippen LogP) is 3.46. The van der Waals surface area contributed by atoms with Gasteiger partial charge in [-0.3, -0.25) is 4.79 Å². The van der Waals surface area contributed by atoms with E-state index >= 15 is 0 Å². The number of methoxy groups -OCH3 is 2. The Hall–Kier alpha value is -2.67. The molecular weight excluding hydrogens is 373 g/mol. The normalized spacial score (nSPS) is 10.4. The molecule has 6 nitrogen and oxygen atoms in total. The molecule has 0 aliphatic rings. The van der Waals surface area contributed by atoms with E-state index in [0.717, 1.165) is 23.9 Å². The minimum Gasteiger partial charge on any atom is -0.496 e. The first kappa shape index (κ1) is 20.6. The van der Waals surface area contributed by atoms with Gasteiger partial charge in [0.2, 0.25) is 0 Å². The molecule has 0 saturated carbocycles. The maximum absolute atomic E-state index is 14.0. The highest BCUT2D eigenvalue weighted by molar-refractivity contribution is 6.32. The van der Waals surface area contributed by atoms with Gasteiger partial charge in [-0.1, -0.05) is 11.6 Å². The van der Waals surface area contributed by atoms with Crippen LogP contribution in [0.1, 0.15) is 22.8 Å². The second-order valence-corrected chi connectivity index (χ2v) is 6.26. The third kappa shape index (κ3) is 4.36. The Balaban J connectivity index is 2.31. The summed E-state index contributed by atoms with van der Waals surface area (Å²) in [6, 6.07) is 5.93. The molecule has 2 rings (SSSR count). The van der Waals surface area contributed by atoms with Crippen molar-refractivity contribution in [1.82, 2.24) is 5.32 Å². The van der Waals surface area contributed by atoms with E-state index in [2.05, 4.69) is 5.32 Å². The molecule has 27 heavy (non-hydrogen) atoms. The van der Waals surface area contributed by atoms with Crippen LogP contribution in [0.3, 0.4) is 0 Å². The van der Waals surface area contributed by atoms with Gasteiger partial charge in [0.25, 0.3) is 5.91 Å². The van der Waals surface area contributed by atoms with Crippen LogP contribution >= 0.6 is 11.6 Å². The van der Waals surface area contributed by atoms with E-state index in [0.29, 0.717) is 11.4 Å². The number of carbonyl (C=O) groups excluding carboxylic acids is 1. The molecule has 0 heterocycles. The summed E-state index contributed by atoms with van der Waals surface area (Å²) >= 11 is 5.96. The van der Waals surface area contributed by atoms with Gasteiger partial charge < -0.3 is 25.4 Å². The third-order valence-electron chi connectivity index (χ3n) is 4.24. The maximum Gasteiger partial charge on any atom is 0.251 e. The molecule has 0 spiro atoms. The minimum atomic E-state index is -0.705. The van der Waals surface area contributed by atoms with Crippen LogP contribution in [-0.2, 0) is 6.54 Å². The van der Waals surface area contributed by atoms with Crippen LogP contribution in [0.2, 0.25) is 5.02 Å². The maximum atomic E-state index is 14.0. The van der Waals surface area contributed by atoms with E-state index < -0.39 is 11.7 Å². The molecule has 0 fully saturated rings. The number of anilines is 2.